The van der Waals surface area contributed by atoms with Gasteiger partial charge >= 0.3 is 5.63 Å². The molecule has 2 heterocycles. The van der Waals surface area contributed by atoms with E-state index in [4.69, 9.17) is 9.15 Å². The van der Waals surface area contributed by atoms with Crippen LogP contribution in [-0.4, -0.2) is 24.5 Å². The molecule has 5 nitrogen and oxygen atoms in total. The number of fused-ring (bicyclic) bond motifs is 2. The van der Waals surface area contributed by atoms with Crippen molar-refractivity contribution < 1.29 is 13.9 Å². The standard InChI is InChI=1S/C23H23NO4/c1-15-19-8-7-18(27-2)13-21(19)28-23(26)20(15)9-10-22(25)24-12-11-16-5-3-4-6-17(16)14-24/h3-8,13H,9-12,14H2,1-2H3. The van der Waals surface area contributed by atoms with Gasteiger partial charge in [0.2, 0.25) is 5.91 Å². The quantitative estimate of drug-likeness (QED) is 0.652. The molecule has 0 saturated heterocycles. The SMILES string of the molecule is COc1ccc2c(C)c(CCC(=O)N3CCc4ccccc4C3)c(=O)oc2c1. The summed E-state index contributed by atoms with van der Waals surface area (Å²) in [6, 6.07) is 13.7. The molecule has 1 aliphatic rings. The van der Waals surface area contributed by atoms with Gasteiger partial charge in [0.05, 0.1) is 7.11 Å². The molecule has 0 fully saturated rings. The van der Waals surface area contributed by atoms with Crippen molar-refractivity contribution in [3.63, 3.8) is 0 Å². The number of benzene rings is 2. The molecule has 1 aliphatic heterocycles. The minimum absolute atomic E-state index is 0.0723. The van der Waals surface area contributed by atoms with Crippen LogP contribution in [0.25, 0.3) is 11.0 Å². The second-order valence-corrected chi connectivity index (χ2v) is 7.19. The number of rotatable bonds is 4. The Bertz CT molecular complexity index is 1100. The van der Waals surface area contributed by atoms with Crippen molar-refractivity contribution in [3.05, 3.63) is 75.1 Å². The lowest BCUT2D eigenvalue weighted by Gasteiger charge is -2.29. The van der Waals surface area contributed by atoms with Crippen molar-refractivity contribution in [2.75, 3.05) is 13.7 Å². The zero-order chi connectivity index (χ0) is 19.7. The first-order valence-electron chi connectivity index (χ1n) is 9.51. The van der Waals surface area contributed by atoms with Crippen LogP contribution < -0.4 is 10.4 Å². The summed E-state index contributed by atoms with van der Waals surface area (Å²) in [7, 11) is 1.57. The first-order valence-corrected chi connectivity index (χ1v) is 9.51. The van der Waals surface area contributed by atoms with Crippen molar-refractivity contribution in [1.82, 2.24) is 4.90 Å². The Morgan fingerprint density at radius 1 is 1.18 bits per heavy atom. The Labute approximate surface area is 163 Å². The molecule has 4 rings (SSSR count). The molecule has 0 spiro atoms. The van der Waals surface area contributed by atoms with Gasteiger partial charge in [-0.2, -0.15) is 0 Å². The highest BCUT2D eigenvalue weighted by Gasteiger charge is 2.21. The average molecular weight is 377 g/mol. The third-order valence-corrected chi connectivity index (χ3v) is 5.57. The molecular weight excluding hydrogens is 354 g/mol. The summed E-state index contributed by atoms with van der Waals surface area (Å²) < 4.78 is 10.7. The van der Waals surface area contributed by atoms with Crippen molar-refractivity contribution in [3.8, 4) is 5.75 Å². The van der Waals surface area contributed by atoms with Gasteiger partial charge in [0.15, 0.2) is 0 Å². The average Bonchev–Trinajstić information content (AvgIpc) is 2.72. The number of carbonyl (C=O) groups excluding carboxylic acids is 1. The highest BCUT2D eigenvalue weighted by Crippen LogP contribution is 2.25. The lowest BCUT2D eigenvalue weighted by atomic mass is 9.98. The summed E-state index contributed by atoms with van der Waals surface area (Å²) in [5.41, 5.74) is 4.08. The molecule has 0 bridgehead atoms. The number of amides is 1. The summed E-state index contributed by atoms with van der Waals surface area (Å²) in [5, 5.41) is 0.870. The highest BCUT2D eigenvalue weighted by atomic mass is 16.5. The molecule has 0 radical (unpaired) electrons. The smallest absolute Gasteiger partial charge is 0.339 e. The van der Waals surface area contributed by atoms with Crippen LogP contribution in [0.2, 0.25) is 0 Å². The van der Waals surface area contributed by atoms with Gasteiger partial charge in [0, 0.05) is 36.5 Å². The first kappa shape index (κ1) is 18.3. The summed E-state index contributed by atoms with van der Waals surface area (Å²) >= 11 is 0. The molecule has 144 valence electrons. The number of aryl methyl sites for hydroxylation is 1. The Balaban J connectivity index is 1.51. The fraction of sp³-hybridized carbons (Fsp3) is 0.304. The van der Waals surface area contributed by atoms with Crippen LogP contribution in [0.3, 0.4) is 0 Å². The second kappa shape index (κ2) is 7.50. The van der Waals surface area contributed by atoms with Gasteiger partial charge in [-0.3, -0.25) is 4.79 Å². The lowest BCUT2D eigenvalue weighted by molar-refractivity contribution is -0.132. The number of nitrogens with zero attached hydrogens (tertiary/aromatic N) is 1. The van der Waals surface area contributed by atoms with E-state index in [1.54, 1.807) is 13.2 Å². The van der Waals surface area contributed by atoms with Crippen LogP contribution in [0.4, 0.5) is 0 Å². The summed E-state index contributed by atoms with van der Waals surface area (Å²) in [4.78, 5) is 27.1. The van der Waals surface area contributed by atoms with Crippen LogP contribution in [0.5, 0.6) is 5.75 Å². The van der Waals surface area contributed by atoms with E-state index in [2.05, 4.69) is 12.1 Å². The van der Waals surface area contributed by atoms with Gasteiger partial charge in [-0.1, -0.05) is 24.3 Å². The number of ether oxygens (including phenoxy) is 1. The maximum atomic E-state index is 12.7. The lowest BCUT2D eigenvalue weighted by Crippen LogP contribution is -2.36. The summed E-state index contributed by atoms with van der Waals surface area (Å²) in [6.45, 7) is 3.27. The summed E-state index contributed by atoms with van der Waals surface area (Å²) in [6.07, 6.45) is 1.56. The van der Waals surface area contributed by atoms with Crippen LogP contribution in [0, 0.1) is 6.92 Å². The van der Waals surface area contributed by atoms with Gasteiger partial charge in [-0.15, -0.1) is 0 Å². The van der Waals surface area contributed by atoms with Crippen LogP contribution in [0.15, 0.2) is 51.7 Å². The molecule has 3 aromatic rings. The minimum atomic E-state index is -0.380. The van der Waals surface area contributed by atoms with E-state index >= 15 is 0 Å². The van der Waals surface area contributed by atoms with Gasteiger partial charge in [-0.25, -0.2) is 4.79 Å². The van der Waals surface area contributed by atoms with E-state index < -0.39 is 0 Å². The Morgan fingerprint density at radius 3 is 2.75 bits per heavy atom. The fourth-order valence-electron chi connectivity index (χ4n) is 3.89. The molecule has 5 heteroatoms. The van der Waals surface area contributed by atoms with E-state index in [1.807, 2.05) is 36.1 Å². The van der Waals surface area contributed by atoms with Crippen LogP contribution in [0.1, 0.15) is 28.7 Å². The number of carbonyl (C=O) groups is 1. The molecule has 28 heavy (non-hydrogen) atoms. The predicted molar refractivity (Wildman–Crippen MR) is 108 cm³/mol. The molecule has 0 unspecified atom stereocenters. The normalized spacial score (nSPS) is 13.4. The molecule has 2 aromatic carbocycles. The van der Waals surface area contributed by atoms with Crippen molar-refractivity contribution >= 4 is 16.9 Å². The van der Waals surface area contributed by atoms with Crippen molar-refractivity contribution in [2.24, 2.45) is 0 Å². The molecule has 0 N–H and O–H groups in total. The molecule has 0 saturated carbocycles. The number of hydrogen-bond acceptors (Lipinski definition) is 4. The molecule has 1 aromatic heterocycles. The number of hydrogen-bond donors (Lipinski definition) is 0. The van der Waals surface area contributed by atoms with E-state index in [0.717, 1.165) is 23.9 Å². The predicted octanol–water partition coefficient (Wildman–Crippen LogP) is 3.63. The molecule has 0 aliphatic carbocycles. The summed E-state index contributed by atoms with van der Waals surface area (Å²) in [5.74, 6) is 0.714. The zero-order valence-corrected chi connectivity index (χ0v) is 16.2. The Kier molecular flexibility index (Phi) is 4.90. The highest BCUT2D eigenvalue weighted by molar-refractivity contribution is 5.83. The Morgan fingerprint density at radius 2 is 1.96 bits per heavy atom. The van der Waals surface area contributed by atoms with Gasteiger partial charge in [-0.05, 0) is 48.6 Å². The maximum absolute atomic E-state index is 12.7. The van der Waals surface area contributed by atoms with Crippen LogP contribution in [-0.2, 0) is 24.2 Å². The van der Waals surface area contributed by atoms with Gasteiger partial charge < -0.3 is 14.1 Å². The van der Waals surface area contributed by atoms with E-state index in [9.17, 15) is 9.59 Å². The minimum Gasteiger partial charge on any atom is -0.497 e. The van der Waals surface area contributed by atoms with Crippen molar-refractivity contribution in [1.29, 1.82) is 0 Å². The third kappa shape index (κ3) is 3.40. The molecular formula is C23H23NO4. The van der Waals surface area contributed by atoms with Gasteiger partial charge in [0.1, 0.15) is 11.3 Å². The zero-order valence-electron chi connectivity index (χ0n) is 16.2. The Hall–Kier alpha value is -3.08. The third-order valence-electron chi connectivity index (χ3n) is 5.57. The topological polar surface area (TPSA) is 59.8 Å². The van der Waals surface area contributed by atoms with E-state index in [0.29, 0.717) is 36.3 Å². The largest absolute Gasteiger partial charge is 0.497 e. The monoisotopic (exact) mass is 377 g/mol. The van der Waals surface area contributed by atoms with E-state index in [-0.39, 0.29) is 11.5 Å². The molecule has 0 atom stereocenters. The number of methoxy groups -OCH3 is 1. The van der Waals surface area contributed by atoms with Gasteiger partial charge in [0.25, 0.3) is 0 Å². The fourth-order valence-corrected chi connectivity index (χ4v) is 3.89. The van der Waals surface area contributed by atoms with Crippen molar-refractivity contribution in [2.45, 2.75) is 32.7 Å². The van der Waals surface area contributed by atoms with Crippen LogP contribution >= 0.6 is 0 Å². The first-order chi connectivity index (χ1) is 13.6. The second-order valence-electron chi connectivity index (χ2n) is 7.19. The maximum Gasteiger partial charge on any atom is 0.339 e. The molecule has 1 amide bonds. The van der Waals surface area contributed by atoms with E-state index in [1.165, 1.54) is 11.1 Å².